The zero-order valence-corrected chi connectivity index (χ0v) is 15.5. The van der Waals surface area contributed by atoms with Gasteiger partial charge >= 0.3 is 0 Å². The van der Waals surface area contributed by atoms with Gasteiger partial charge in [0.25, 0.3) is 11.8 Å². The number of amides is 2. The highest BCUT2D eigenvalue weighted by molar-refractivity contribution is 6.06. The van der Waals surface area contributed by atoms with Crippen LogP contribution in [0.1, 0.15) is 58.4 Å². The van der Waals surface area contributed by atoms with Crippen LogP contribution in [-0.2, 0) is 6.54 Å². The normalized spacial score (nSPS) is 16.5. The summed E-state index contributed by atoms with van der Waals surface area (Å²) < 4.78 is 7.29. The van der Waals surface area contributed by atoms with Crippen LogP contribution in [0.25, 0.3) is 0 Å². The zero-order valence-electron chi connectivity index (χ0n) is 15.5. The maximum Gasteiger partial charge on any atom is 0.262 e. The fourth-order valence-corrected chi connectivity index (χ4v) is 3.70. The first-order valence-electron chi connectivity index (χ1n) is 9.53. The van der Waals surface area contributed by atoms with E-state index in [1.165, 1.54) is 19.0 Å². The first-order valence-corrected chi connectivity index (χ1v) is 9.53. The van der Waals surface area contributed by atoms with Gasteiger partial charge < -0.3 is 15.4 Å². The number of nitrogens with zero attached hydrogens (tertiary/aromatic N) is 2. The number of ether oxygens (including phenoxy) is 1. The molecule has 2 heterocycles. The molecule has 0 radical (unpaired) electrons. The minimum Gasteiger partial charge on any atom is -0.477 e. The molecule has 0 unspecified atom stereocenters. The Morgan fingerprint density at radius 3 is 2.78 bits per heavy atom. The topological polar surface area (TPSA) is 85.3 Å². The van der Waals surface area contributed by atoms with Crippen molar-refractivity contribution in [1.29, 1.82) is 0 Å². The Morgan fingerprint density at radius 2 is 2.00 bits per heavy atom. The number of hydrogen-bond donors (Lipinski definition) is 2. The van der Waals surface area contributed by atoms with E-state index in [1.807, 2.05) is 13.0 Å². The molecule has 0 atom stereocenters. The predicted octanol–water partition coefficient (Wildman–Crippen LogP) is 2.90. The van der Waals surface area contributed by atoms with E-state index in [-0.39, 0.29) is 17.9 Å². The molecule has 7 heteroatoms. The lowest BCUT2D eigenvalue weighted by Crippen LogP contribution is -2.32. The molecule has 2 N–H and O–H groups in total. The van der Waals surface area contributed by atoms with Crippen molar-refractivity contribution in [2.45, 2.75) is 51.6 Å². The fourth-order valence-electron chi connectivity index (χ4n) is 3.70. The average molecular weight is 368 g/mol. The minimum atomic E-state index is -0.260. The van der Waals surface area contributed by atoms with Gasteiger partial charge in [-0.2, -0.15) is 5.10 Å². The smallest absolute Gasteiger partial charge is 0.262 e. The molecule has 1 aliphatic heterocycles. The van der Waals surface area contributed by atoms with Gasteiger partial charge in [-0.25, -0.2) is 4.68 Å². The van der Waals surface area contributed by atoms with E-state index >= 15 is 0 Å². The Balaban J connectivity index is 1.45. The summed E-state index contributed by atoms with van der Waals surface area (Å²) in [5.74, 6) is 0.204. The van der Waals surface area contributed by atoms with Gasteiger partial charge in [-0.1, -0.05) is 12.8 Å². The van der Waals surface area contributed by atoms with Crippen molar-refractivity contribution in [3.05, 3.63) is 41.1 Å². The highest BCUT2D eigenvalue weighted by Gasteiger charge is 2.22. The second kappa shape index (κ2) is 7.42. The first-order chi connectivity index (χ1) is 13.1. The monoisotopic (exact) mass is 368 g/mol. The Morgan fingerprint density at radius 1 is 1.19 bits per heavy atom. The molecule has 0 bridgehead atoms. The lowest BCUT2D eigenvalue weighted by molar-refractivity contribution is 0.0937. The van der Waals surface area contributed by atoms with E-state index in [1.54, 1.807) is 16.8 Å². The minimum absolute atomic E-state index is 0.0537. The summed E-state index contributed by atoms with van der Waals surface area (Å²) in [6.07, 6.45) is 6.89. The first kappa shape index (κ1) is 17.6. The third-order valence-corrected chi connectivity index (χ3v) is 5.22. The van der Waals surface area contributed by atoms with Crippen LogP contribution >= 0.6 is 0 Å². The second-order valence-electron chi connectivity index (χ2n) is 7.23. The van der Waals surface area contributed by atoms with Gasteiger partial charge in [-0.15, -0.1) is 0 Å². The van der Waals surface area contributed by atoms with E-state index < -0.39 is 0 Å². The number of anilines is 1. The molecule has 4 rings (SSSR count). The van der Waals surface area contributed by atoms with E-state index in [0.29, 0.717) is 29.3 Å². The molecule has 142 valence electrons. The number of fused-ring (bicyclic) bond motifs is 1. The number of hydrogen-bond acceptors (Lipinski definition) is 4. The molecule has 7 nitrogen and oxygen atoms in total. The SMILES string of the molecule is Cc1cc(C(=O)NC2CCCC2)ccc1NC(=O)c1cnn2c1OCCC2. The molecule has 1 aromatic carbocycles. The fraction of sp³-hybridized carbons (Fsp3) is 0.450. The van der Waals surface area contributed by atoms with Gasteiger partial charge in [-0.3, -0.25) is 9.59 Å². The zero-order chi connectivity index (χ0) is 18.8. The van der Waals surface area contributed by atoms with Gasteiger partial charge in [0.2, 0.25) is 5.88 Å². The summed E-state index contributed by atoms with van der Waals surface area (Å²) in [5, 5.41) is 10.2. The number of carbonyl (C=O) groups excluding carboxylic acids is 2. The van der Waals surface area contributed by atoms with Crippen LogP contribution in [-0.4, -0.2) is 34.2 Å². The molecule has 1 saturated carbocycles. The number of nitrogens with one attached hydrogen (secondary N) is 2. The highest BCUT2D eigenvalue weighted by Crippen LogP contribution is 2.25. The van der Waals surface area contributed by atoms with Crippen molar-refractivity contribution in [2.24, 2.45) is 0 Å². The van der Waals surface area contributed by atoms with Crippen molar-refractivity contribution in [3.8, 4) is 5.88 Å². The molecular weight excluding hydrogens is 344 g/mol. The summed E-state index contributed by atoms with van der Waals surface area (Å²) in [5.41, 5.74) is 2.55. The maximum atomic E-state index is 12.6. The molecule has 27 heavy (non-hydrogen) atoms. The van der Waals surface area contributed by atoms with Crippen LogP contribution in [0.5, 0.6) is 5.88 Å². The summed E-state index contributed by atoms with van der Waals surface area (Å²) in [6, 6.07) is 5.61. The molecule has 2 amide bonds. The van der Waals surface area contributed by atoms with Crippen molar-refractivity contribution < 1.29 is 14.3 Å². The van der Waals surface area contributed by atoms with E-state index in [2.05, 4.69) is 15.7 Å². The van der Waals surface area contributed by atoms with Gasteiger partial charge in [0.05, 0.1) is 12.8 Å². The molecule has 0 spiro atoms. The molecule has 1 aliphatic carbocycles. The van der Waals surface area contributed by atoms with Crippen LogP contribution in [0, 0.1) is 6.92 Å². The standard InChI is InChI=1S/C20H24N4O3/c1-13-11-14(18(25)22-15-5-2-3-6-15)7-8-17(13)23-19(26)16-12-21-24-9-4-10-27-20(16)24/h7-8,11-12,15H,2-6,9-10H2,1H3,(H,22,25)(H,23,26). The largest absolute Gasteiger partial charge is 0.477 e. The second-order valence-corrected chi connectivity index (χ2v) is 7.23. The van der Waals surface area contributed by atoms with Crippen molar-refractivity contribution in [3.63, 3.8) is 0 Å². The molecular formula is C20H24N4O3. The average Bonchev–Trinajstić information content (AvgIpc) is 3.32. The number of benzene rings is 1. The number of rotatable bonds is 4. The number of aromatic nitrogens is 2. The Labute approximate surface area is 158 Å². The molecule has 0 saturated heterocycles. The Kier molecular flexibility index (Phi) is 4.83. The molecule has 2 aliphatic rings. The van der Waals surface area contributed by atoms with Crippen LogP contribution in [0.4, 0.5) is 5.69 Å². The van der Waals surface area contributed by atoms with E-state index in [0.717, 1.165) is 31.4 Å². The lowest BCUT2D eigenvalue weighted by atomic mass is 10.1. The predicted molar refractivity (Wildman–Crippen MR) is 101 cm³/mol. The van der Waals surface area contributed by atoms with Crippen molar-refractivity contribution in [1.82, 2.24) is 15.1 Å². The van der Waals surface area contributed by atoms with Crippen LogP contribution in [0.15, 0.2) is 24.4 Å². The molecule has 2 aromatic rings. The summed E-state index contributed by atoms with van der Waals surface area (Å²) >= 11 is 0. The van der Waals surface area contributed by atoms with Crippen LogP contribution in [0.3, 0.4) is 0 Å². The highest BCUT2D eigenvalue weighted by atomic mass is 16.5. The number of aryl methyl sites for hydroxylation is 2. The van der Waals surface area contributed by atoms with E-state index in [9.17, 15) is 9.59 Å². The summed E-state index contributed by atoms with van der Waals surface area (Å²) in [4.78, 5) is 25.0. The van der Waals surface area contributed by atoms with E-state index in [4.69, 9.17) is 4.74 Å². The Bertz CT molecular complexity index is 868. The summed E-state index contributed by atoms with van der Waals surface area (Å²) in [7, 11) is 0. The van der Waals surface area contributed by atoms with Gasteiger partial charge in [0.15, 0.2) is 0 Å². The maximum absolute atomic E-state index is 12.6. The molecule has 1 fully saturated rings. The van der Waals surface area contributed by atoms with Gasteiger partial charge in [-0.05, 0) is 43.5 Å². The quantitative estimate of drug-likeness (QED) is 0.869. The van der Waals surface area contributed by atoms with Crippen LogP contribution in [0.2, 0.25) is 0 Å². The van der Waals surface area contributed by atoms with Gasteiger partial charge in [0.1, 0.15) is 5.56 Å². The number of carbonyl (C=O) groups is 2. The van der Waals surface area contributed by atoms with Crippen LogP contribution < -0.4 is 15.4 Å². The Hall–Kier alpha value is -2.83. The van der Waals surface area contributed by atoms with Crippen molar-refractivity contribution in [2.75, 3.05) is 11.9 Å². The third kappa shape index (κ3) is 3.67. The van der Waals surface area contributed by atoms with Gasteiger partial charge in [0, 0.05) is 30.3 Å². The summed E-state index contributed by atoms with van der Waals surface area (Å²) in [6.45, 7) is 3.23. The third-order valence-electron chi connectivity index (χ3n) is 5.22. The van der Waals surface area contributed by atoms with Crippen molar-refractivity contribution >= 4 is 17.5 Å². The lowest BCUT2D eigenvalue weighted by Gasteiger charge is -2.16. The molecule has 1 aromatic heterocycles.